The molecule has 0 radical (unpaired) electrons. The molecule has 2 aromatic rings. The van der Waals surface area contributed by atoms with Crippen molar-refractivity contribution in [1.82, 2.24) is 10.3 Å². The Hall–Kier alpha value is -2.36. The lowest BCUT2D eigenvalue weighted by molar-refractivity contribution is -0.121. The van der Waals surface area contributed by atoms with Gasteiger partial charge in [-0.3, -0.25) is 9.59 Å². The molecule has 0 atom stereocenters. The molecule has 0 saturated heterocycles. The number of aryl methyl sites for hydroxylation is 1. The molecule has 0 fully saturated rings. The Balaban J connectivity index is 1.68. The molecule has 1 amide bonds. The van der Waals surface area contributed by atoms with Crippen LogP contribution in [0.3, 0.4) is 0 Å². The molecule has 1 heterocycles. The van der Waals surface area contributed by atoms with E-state index in [2.05, 4.69) is 10.3 Å². The number of benzene rings is 1. The maximum atomic E-state index is 11.7. The van der Waals surface area contributed by atoms with Crippen LogP contribution in [0, 0.1) is 0 Å². The summed E-state index contributed by atoms with van der Waals surface area (Å²) in [5, 5.41) is 2.89. The van der Waals surface area contributed by atoms with Gasteiger partial charge in [0, 0.05) is 25.2 Å². The van der Waals surface area contributed by atoms with E-state index in [0.717, 1.165) is 12.0 Å². The van der Waals surface area contributed by atoms with Crippen molar-refractivity contribution < 1.29 is 4.79 Å². The lowest BCUT2D eigenvalue weighted by Crippen LogP contribution is -2.26. The Morgan fingerprint density at radius 3 is 2.50 bits per heavy atom. The Kier molecular flexibility index (Phi) is 5.12. The molecule has 2 rings (SSSR count). The number of pyridine rings is 1. The predicted molar refractivity (Wildman–Crippen MR) is 78.5 cm³/mol. The van der Waals surface area contributed by atoms with Crippen molar-refractivity contribution in [2.24, 2.45) is 0 Å². The van der Waals surface area contributed by atoms with Gasteiger partial charge in [0.1, 0.15) is 0 Å². The van der Waals surface area contributed by atoms with Crippen molar-refractivity contribution in [3.63, 3.8) is 0 Å². The SMILES string of the molecule is O=C(CCc1ccccc1)NCCc1ccc(=O)[nH]c1. The molecule has 1 aromatic heterocycles. The molecule has 0 spiro atoms. The van der Waals surface area contributed by atoms with Crippen LogP contribution in [0.2, 0.25) is 0 Å². The van der Waals surface area contributed by atoms with E-state index in [0.29, 0.717) is 19.4 Å². The van der Waals surface area contributed by atoms with Gasteiger partial charge in [-0.05, 0) is 24.0 Å². The molecule has 2 N–H and O–H groups in total. The number of rotatable bonds is 6. The summed E-state index contributed by atoms with van der Waals surface area (Å²) in [5.74, 6) is 0.0540. The minimum Gasteiger partial charge on any atom is -0.356 e. The van der Waals surface area contributed by atoms with E-state index in [-0.39, 0.29) is 11.5 Å². The first-order valence-corrected chi connectivity index (χ1v) is 6.72. The summed E-state index contributed by atoms with van der Waals surface area (Å²) in [5.41, 5.74) is 2.07. The third-order valence-corrected chi connectivity index (χ3v) is 3.07. The molecule has 0 aliphatic heterocycles. The van der Waals surface area contributed by atoms with Crippen molar-refractivity contribution in [2.75, 3.05) is 6.54 Å². The molecular weight excluding hydrogens is 252 g/mol. The van der Waals surface area contributed by atoms with E-state index in [4.69, 9.17) is 0 Å². The Morgan fingerprint density at radius 1 is 1.00 bits per heavy atom. The van der Waals surface area contributed by atoms with Gasteiger partial charge in [0.2, 0.25) is 11.5 Å². The number of amides is 1. The summed E-state index contributed by atoms with van der Waals surface area (Å²) in [6.07, 6.45) is 3.65. The van der Waals surface area contributed by atoms with Gasteiger partial charge in [-0.25, -0.2) is 0 Å². The average Bonchev–Trinajstić information content (AvgIpc) is 2.48. The number of carbonyl (C=O) groups excluding carboxylic acids is 1. The largest absolute Gasteiger partial charge is 0.356 e. The fraction of sp³-hybridized carbons (Fsp3) is 0.250. The van der Waals surface area contributed by atoms with Gasteiger partial charge in [0.25, 0.3) is 0 Å². The van der Waals surface area contributed by atoms with Crippen LogP contribution in [-0.4, -0.2) is 17.4 Å². The zero-order chi connectivity index (χ0) is 14.2. The van der Waals surface area contributed by atoms with Gasteiger partial charge in [0.15, 0.2) is 0 Å². The maximum absolute atomic E-state index is 11.7. The van der Waals surface area contributed by atoms with Crippen LogP contribution < -0.4 is 10.9 Å². The maximum Gasteiger partial charge on any atom is 0.247 e. The molecule has 0 bridgehead atoms. The molecule has 1 aromatic carbocycles. The monoisotopic (exact) mass is 270 g/mol. The highest BCUT2D eigenvalue weighted by molar-refractivity contribution is 5.76. The van der Waals surface area contributed by atoms with Gasteiger partial charge in [-0.15, -0.1) is 0 Å². The summed E-state index contributed by atoms with van der Waals surface area (Å²) < 4.78 is 0. The number of hydrogen-bond acceptors (Lipinski definition) is 2. The highest BCUT2D eigenvalue weighted by atomic mass is 16.1. The zero-order valence-electron chi connectivity index (χ0n) is 11.3. The lowest BCUT2D eigenvalue weighted by atomic mass is 10.1. The van der Waals surface area contributed by atoms with Gasteiger partial charge >= 0.3 is 0 Å². The number of nitrogens with one attached hydrogen (secondary N) is 2. The van der Waals surface area contributed by atoms with Crippen LogP contribution in [0.5, 0.6) is 0 Å². The average molecular weight is 270 g/mol. The van der Waals surface area contributed by atoms with Crippen molar-refractivity contribution in [3.05, 3.63) is 70.1 Å². The van der Waals surface area contributed by atoms with Gasteiger partial charge in [-0.2, -0.15) is 0 Å². The van der Waals surface area contributed by atoms with Crippen LogP contribution in [0.4, 0.5) is 0 Å². The van der Waals surface area contributed by atoms with Gasteiger partial charge in [-0.1, -0.05) is 36.4 Å². The zero-order valence-corrected chi connectivity index (χ0v) is 11.3. The Bertz CT molecular complexity index is 585. The van der Waals surface area contributed by atoms with E-state index in [1.165, 1.54) is 11.6 Å². The normalized spacial score (nSPS) is 10.2. The smallest absolute Gasteiger partial charge is 0.247 e. The highest BCUT2D eigenvalue weighted by Gasteiger charge is 2.01. The molecule has 104 valence electrons. The van der Waals surface area contributed by atoms with Crippen molar-refractivity contribution in [1.29, 1.82) is 0 Å². The lowest BCUT2D eigenvalue weighted by Gasteiger charge is -2.05. The molecular formula is C16H18N2O2. The number of carbonyl (C=O) groups is 1. The second-order valence-electron chi connectivity index (χ2n) is 4.65. The molecule has 0 aliphatic carbocycles. The third-order valence-electron chi connectivity index (χ3n) is 3.07. The topological polar surface area (TPSA) is 62.0 Å². The number of aromatic nitrogens is 1. The fourth-order valence-corrected chi connectivity index (χ4v) is 1.94. The summed E-state index contributed by atoms with van der Waals surface area (Å²) in [4.78, 5) is 25.2. The summed E-state index contributed by atoms with van der Waals surface area (Å²) in [7, 11) is 0. The summed E-state index contributed by atoms with van der Waals surface area (Å²) in [6.45, 7) is 0.583. The predicted octanol–water partition coefficient (Wildman–Crippen LogP) is 1.67. The molecule has 4 nitrogen and oxygen atoms in total. The molecule has 0 aliphatic rings. The highest BCUT2D eigenvalue weighted by Crippen LogP contribution is 2.02. The molecule has 0 saturated carbocycles. The second-order valence-corrected chi connectivity index (χ2v) is 4.65. The quantitative estimate of drug-likeness (QED) is 0.838. The minimum atomic E-state index is -0.111. The van der Waals surface area contributed by atoms with E-state index >= 15 is 0 Å². The van der Waals surface area contributed by atoms with Crippen molar-refractivity contribution in [2.45, 2.75) is 19.3 Å². The van der Waals surface area contributed by atoms with Gasteiger partial charge in [0.05, 0.1) is 0 Å². The first-order chi connectivity index (χ1) is 9.74. The Morgan fingerprint density at radius 2 is 1.80 bits per heavy atom. The van der Waals surface area contributed by atoms with Crippen LogP contribution >= 0.6 is 0 Å². The van der Waals surface area contributed by atoms with E-state index < -0.39 is 0 Å². The van der Waals surface area contributed by atoms with Crippen LogP contribution in [0.1, 0.15) is 17.5 Å². The number of hydrogen-bond donors (Lipinski definition) is 2. The van der Waals surface area contributed by atoms with Crippen molar-refractivity contribution in [3.8, 4) is 0 Å². The van der Waals surface area contributed by atoms with E-state index in [9.17, 15) is 9.59 Å². The van der Waals surface area contributed by atoms with Crippen LogP contribution in [0.15, 0.2) is 53.5 Å². The summed E-state index contributed by atoms with van der Waals surface area (Å²) in [6, 6.07) is 13.2. The van der Waals surface area contributed by atoms with E-state index in [1.807, 2.05) is 30.3 Å². The minimum absolute atomic E-state index is 0.0540. The van der Waals surface area contributed by atoms with Crippen LogP contribution in [0.25, 0.3) is 0 Å². The third kappa shape index (κ3) is 4.72. The van der Waals surface area contributed by atoms with Crippen molar-refractivity contribution >= 4 is 5.91 Å². The second kappa shape index (κ2) is 7.28. The molecule has 0 unspecified atom stereocenters. The van der Waals surface area contributed by atoms with E-state index in [1.54, 1.807) is 12.3 Å². The first kappa shape index (κ1) is 14.1. The number of aromatic amines is 1. The number of H-pyrrole nitrogens is 1. The molecule has 4 heteroatoms. The van der Waals surface area contributed by atoms with Crippen LogP contribution in [-0.2, 0) is 17.6 Å². The van der Waals surface area contributed by atoms with Gasteiger partial charge < -0.3 is 10.3 Å². The fourth-order valence-electron chi connectivity index (χ4n) is 1.94. The summed E-state index contributed by atoms with van der Waals surface area (Å²) >= 11 is 0. The molecule has 20 heavy (non-hydrogen) atoms. The standard InChI is InChI=1S/C16H18N2O2/c19-15(8-6-13-4-2-1-3-5-13)17-11-10-14-7-9-16(20)18-12-14/h1-5,7,9,12H,6,8,10-11H2,(H,17,19)(H,18,20). The Labute approximate surface area is 117 Å². The first-order valence-electron chi connectivity index (χ1n) is 6.72.